The number of nitrogens with two attached hydrogens (primary N) is 1. The predicted molar refractivity (Wildman–Crippen MR) is 74.7 cm³/mol. The van der Waals surface area contributed by atoms with E-state index in [-0.39, 0.29) is 5.75 Å². The van der Waals surface area contributed by atoms with Crippen molar-refractivity contribution in [2.45, 2.75) is 6.54 Å². The fraction of sp³-hybridized carbons (Fsp3) is 0.143. The summed E-state index contributed by atoms with van der Waals surface area (Å²) in [6.07, 6.45) is 2.95. The minimum Gasteiger partial charge on any atom is -0.504 e. The van der Waals surface area contributed by atoms with Crippen molar-refractivity contribution in [3.8, 4) is 11.5 Å². The molecule has 20 heavy (non-hydrogen) atoms. The molecular formula is C14H15N3O3. The molecular weight excluding hydrogens is 258 g/mol. The molecule has 0 aliphatic carbocycles. The molecule has 0 fully saturated rings. The van der Waals surface area contributed by atoms with E-state index in [4.69, 9.17) is 10.5 Å². The van der Waals surface area contributed by atoms with E-state index in [0.29, 0.717) is 29.1 Å². The number of aromatic hydroxyl groups is 1. The molecule has 2 rings (SSSR count). The van der Waals surface area contributed by atoms with Gasteiger partial charge >= 0.3 is 0 Å². The molecule has 4 N–H and O–H groups in total. The Kier molecular flexibility index (Phi) is 4.05. The van der Waals surface area contributed by atoms with Crippen molar-refractivity contribution in [2.24, 2.45) is 5.73 Å². The number of pyridine rings is 1. The number of carbonyl (C=O) groups excluding carboxylic acids is 1. The second kappa shape index (κ2) is 5.92. The Morgan fingerprint density at radius 3 is 2.95 bits per heavy atom. The molecule has 104 valence electrons. The van der Waals surface area contributed by atoms with Crippen molar-refractivity contribution in [1.82, 2.24) is 4.98 Å². The number of amides is 1. The first-order valence-corrected chi connectivity index (χ1v) is 5.96. The van der Waals surface area contributed by atoms with E-state index < -0.39 is 5.91 Å². The molecule has 0 unspecified atom stereocenters. The highest BCUT2D eigenvalue weighted by Gasteiger charge is 2.10. The van der Waals surface area contributed by atoms with E-state index in [0.717, 1.165) is 0 Å². The maximum absolute atomic E-state index is 11.3. The SMILES string of the molecule is COc1cccc(CNc2ccncc2C(N)=O)c1O. The van der Waals surface area contributed by atoms with E-state index in [1.165, 1.54) is 13.3 Å². The zero-order valence-electron chi connectivity index (χ0n) is 11.0. The molecule has 0 radical (unpaired) electrons. The number of aromatic nitrogens is 1. The largest absolute Gasteiger partial charge is 0.504 e. The molecule has 0 spiro atoms. The zero-order chi connectivity index (χ0) is 14.5. The van der Waals surface area contributed by atoms with Crippen LogP contribution in [0, 0.1) is 0 Å². The quantitative estimate of drug-likeness (QED) is 0.767. The van der Waals surface area contributed by atoms with Gasteiger partial charge in [0, 0.05) is 24.5 Å². The number of anilines is 1. The Hall–Kier alpha value is -2.76. The van der Waals surface area contributed by atoms with Crippen molar-refractivity contribution < 1.29 is 14.6 Å². The average molecular weight is 273 g/mol. The normalized spacial score (nSPS) is 10.1. The van der Waals surface area contributed by atoms with Crippen LogP contribution in [0.3, 0.4) is 0 Å². The number of ether oxygens (including phenoxy) is 1. The molecule has 1 heterocycles. The summed E-state index contributed by atoms with van der Waals surface area (Å²) in [7, 11) is 1.49. The van der Waals surface area contributed by atoms with Crippen LogP contribution in [-0.2, 0) is 6.54 Å². The summed E-state index contributed by atoms with van der Waals surface area (Å²) in [4.78, 5) is 15.1. The summed E-state index contributed by atoms with van der Waals surface area (Å²) in [5, 5.41) is 13.0. The molecule has 6 heteroatoms. The monoisotopic (exact) mass is 273 g/mol. The summed E-state index contributed by atoms with van der Waals surface area (Å²) in [5.41, 5.74) is 6.79. The van der Waals surface area contributed by atoms with Gasteiger partial charge in [-0.1, -0.05) is 12.1 Å². The number of carbonyl (C=O) groups is 1. The van der Waals surface area contributed by atoms with Crippen LogP contribution in [0.5, 0.6) is 11.5 Å². The highest BCUT2D eigenvalue weighted by Crippen LogP contribution is 2.30. The van der Waals surface area contributed by atoms with Crippen LogP contribution in [0.2, 0.25) is 0 Å². The van der Waals surface area contributed by atoms with Crippen molar-refractivity contribution in [1.29, 1.82) is 0 Å². The van der Waals surface area contributed by atoms with Gasteiger partial charge in [-0.2, -0.15) is 0 Å². The summed E-state index contributed by atoms with van der Waals surface area (Å²) in [6.45, 7) is 0.327. The molecule has 1 amide bonds. The third-order valence-corrected chi connectivity index (χ3v) is 2.86. The number of nitrogens with one attached hydrogen (secondary N) is 1. The highest BCUT2D eigenvalue weighted by molar-refractivity contribution is 5.98. The molecule has 2 aromatic rings. The van der Waals surface area contributed by atoms with Gasteiger partial charge in [0.25, 0.3) is 5.91 Å². The Morgan fingerprint density at radius 2 is 2.25 bits per heavy atom. The number of nitrogens with zero attached hydrogens (tertiary/aromatic N) is 1. The summed E-state index contributed by atoms with van der Waals surface area (Å²) in [6, 6.07) is 6.85. The molecule has 0 saturated heterocycles. The Labute approximate surface area is 116 Å². The highest BCUT2D eigenvalue weighted by atomic mass is 16.5. The maximum atomic E-state index is 11.3. The minimum absolute atomic E-state index is 0.0668. The Morgan fingerprint density at radius 1 is 1.45 bits per heavy atom. The van der Waals surface area contributed by atoms with Gasteiger partial charge in [-0.05, 0) is 12.1 Å². The van der Waals surface area contributed by atoms with Gasteiger partial charge in [0.2, 0.25) is 0 Å². The third kappa shape index (κ3) is 2.80. The lowest BCUT2D eigenvalue weighted by atomic mass is 10.1. The lowest BCUT2D eigenvalue weighted by Gasteiger charge is -2.12. The molecule has 1 aromatic carbocycles. The fourth-order valence-electron chi connectivity index (χ4n) is 1.81. The first-order chi connectivity index (χ1) is 9.63. The summed E-state index contributed by atoms with van der Waals surface area (Å²) in [5.74, 6) is -0.0956. The zero-order valence-corrected chi connectivity index (χ0v) is 11.0. The Bertz CT molecular complexity index is 629. The van der Waals surface area contributed by atoms with Crippen molar-refractivity contribution in [3.63, 3.8) is 0 Å². The second-order valence-electron chi connectivity index (χ2n) is 4.11. The molecule has 0 aliphatic rings. The van der Waals surface area contributed by atoms with Crippen LogP contribution in [0.15, 0.2) is 36.7 Å². The van der Waals surface area contributed by atoms with E-state index in [1.54, 1.807) is 30.5 Å². The van der Waals surface area contributed by atoms with Crippen LogP contribution < -0.4 is 15.8 Å². The van der Waals surface area contributed by atoms with Gasteiger partial charge in [-0.25, -0.2) is 0 Å². The number of methoxy groups -OCH3 is 1. The molecule has 0 bridgehead atoms. The van der Waals surface area contributed by atoms with E-state index in [2.05, 4.69) is 10.3 Å². The van der Waals surface area contributed by atoms with E-state index >= 15 is 0 Å². The van der Waals surface area contributed by atoms with Gasteiger partial charge in [0.15, 0.2) is 11.5 Å². The standard InChI is InChI=1S/C14H15N3O3/c1-20-12-4-2-3-9(13(12)18)7-17-11-5-6-16-8-10(11)14(15)19/h2-6,8,18H,7H2,1H3,(H2,15,19)(H,16,17). The molecule has 6 nitrogen and oxygen atoms in total. The summed E-state index contributed by atoms with van der Waals surface area (Å²) >= 11 is 0. The Balaban J connectivity index is 2.19. The maximum Gasteiger partial charge on any atom is 0.252 e. The number of phenolic OH excluding ortho intramolecular Hbond substituents is 1. The first kappa shape index (κ1) is 13.7. The van der Waals surface area contributed by atoms with Crippen LogP contribution >= 0.6 is 0 Å². The number of benzene rings is 1. The molecule has 0 saturated carbocycles. The second-order valence-corrected chi connectivity index (χ2v) is 4.11. The van der Waals surface area contributed by atoms with E-state index in [1.807, 2.05) is 0 Å². The summed E-state index contributed by atoms with van der Waals surface area (Å²) < 4.78 is 5.04. The lowest BCUT2D eigenvalue weighted by Crippen LogP contribution is -2.14. The third-order valence-electron chi connectivity index (χ3n) is 2.86. The number of rotatable bonds is 5. The minimum atomic E-state index is -0.560. The number of primary amides is 1. The van der Waals surface area contributed by atoms with Crippen LogP contribution in [0.1, 0.15) is 15.9 Å². The van der Waals surface area contributed by atoms with Crippen molar-refractivity contribution in [3.05, 3.63) is 47.8 Å². The first-order valence-electron chi connectivity index (χ1n) is 5.96. The number of hydrogen-bond acceptors (Lipinski definition) is 5. The predicted octanol–water partition coefficient (Wildman–Crippen LogP) is 1.51. The van der Waals surface area contributed by atoms with Gasteiger partial charge < -0.3 is 20.9 Å². The lowest BCUT2D eigenvalue weighted by molar-refractivity contribution is 0.100. The number of hydrogen-bond donors (Lipinski definition) is 3. The number of para-hydroxylation sites is 1. The molecule has 0 atom stereocenters. The van der Waals surface area contributed by atoms with Crippen molar-refractivity contribution >= 4 is 11.6 Å². The molecule has 0 aliphatic heterocycles. The van der Waals surface area contributed by atoms with Crippen LogP contribution in [0.25, 0.3) is 0 Å². The number of phenols is 1. The van der Waals surface area contributed by atoms with Gasteiger partial charge in [0.05, 0.1) is 18.4 Å². The average Bonchev–Trinajstić information content (AvgIpc) is 2.46. The van der Waals surface area contributed by atoms with Crippen molar-refractivity contribution in [2.75, 3.05) is 12.4 Å². The van der Waals surface area contributed by atoms with E-state index in [9.17, 15) is 9.90 Å². The van der Waals surface area contributed by atoms with Crippen LogP contribution in [0.4, 0.5) is 5.69 Å². The van der Waals surface area contributed by atoms with Gasteiger partial charge in [-0.15, -0.1) is 0 Å². The fourth-order valence-corrected chi connectivity index (χ4v) is 1.81. The molecule has 1 aromatic heterocycles. The van der Waals surface area contributed by atoms with Gasteiger partial charge in [0.1, 0.15) is 0 Å². The van der Waals surface area contributed by atoms with Gasteiger partial charge in [-0.3, -0.25) is 9.78 Å². The van der Waals surface area contributed by atoms with Crippen LogP contribution in [-0.4, -0.2) is 23.1 Å². The topological polar surface area (TPSA) is 97.5 Å². The smallest absolute Gasteiger partial charge is 0.252 e.